The van der Waals surface area contributed by atoms with Crippen LogP contribution in [0.3, 0.4) is 0 Å². The van der Waals surface area contributed by atoms with Crippen LogP contribution < -0.4 is 0 Å². The molecule has 29 heavy (non-hydrogen) atoms. The number of aromatic amines is 1. The number of nitrogens with zero attached hydrogens (tertiary/aromatic N) is 3. The Balaban J connectivity index is 1.66. The number of imidazole rings is 1. The third-order valence-electron chi connectivity index (χ3n) is 5.49. The highest BCUT2D eigenvalue weighted by atomic mass is 79.9. The van der Waals surface area contributed by atoms with Gasteiger partial charge >= 0.3 is 6.09 Å². The van der Waals surface area contributed by atoms with Crippen LogP contribution in [0.2, 0.25) is 0 Å². The lowest BCUT2D eigenvalue weighted by molar-refractivity contribution is 0.0124. The maximum Gasteiger partial charge on any atom is 0.410 e. The van der Waals surface area contributed by atoms with Crippen LogP contribution in [-0.4, -0.2) is 56.0 Å². The number of aliphatic hydroxyl groups excluding tert-OH is 1. The highest BCUT2D eigenvalue weighted by Crippen LogP contribution is 2.39. The van der Waals surface area contributed by atoms with Crippen LogP contribution in [0.1, 0.15) is 39.2 Å². The number of carbonyl (C=O) groups is 1. The number of benzene rings is 1. The van der Waals surface area contributed by atoms with Crippen molar-refractivity contribution in [2.24, 2.45) is 0 Å². The van der Waals surface area contributed by atoms with Gasteiger partial charge in [0.1, 0.15) is 16.9 Å². The van der Waals surface area contributed by atoms with E-state index < -0.39 is 11.0 Å². The van der Waals surface area contributed by atoms with E-state index >= 15 is 0 Å². The summed E-state index contributed by atoms with van der Waals surface area (Å²) in [7, 11) is 0. The molecule has 3 heterocycles. The Morgan fingerprint density at radius 1 is 1.38 bits per heavy atom. The fraction of sp³-hybridized carbons (Fsp3) is 0.500. The molecule has 1 amide bonds. The van der Waals surface area contributed by atoms with E-state index in [9.17, 15) is 14.3 Å². The van der Waals surface area contributed by atoms with Gasteiger partial charge in [-0.25, -0.2) is 18.7 Å². The molecule has 0 bridgehead atoms. The standard InChI is InChI=1S/C20H24BrFN4O3/c1-19(2,3)29-18(28)25-6-4-20(11-27,5-7-25)13-10-23-26-16-14(21)8-12(22)9-15(16)24-17(13)26/h8-10,23,27H,4-7,11H2,1-3H3. The van der Waals surface area contributed by atoms with E-state index in [1.165, 1.54) is 12.1 Å². The van der Waals surface area contributed by atoms with Crippen LogP contribution in [0.4, 0.5) is 9.18 Å². The highest BCUT2D eigenvalue weighted by Gasteiger charge is 2.40. The molecule has 3 aromatic rings. The van der Waals surface area contributed by atoms with Gasteiger partial charge in [-0.15, -0.1) is 0 Å². The van der Waals surface area contributed by atoms with E-state index in [0.29, 0.717) is 41.6 Å². The Kier molecular flexibility index (Phi) is 4.85. The number of aliphatic hydroxyl groups is 1. The zero-order chi connectivity index (χ0) is 21.0. The molecule has 9 heteroatoms. The van der Waals surface area contributed by atoms with Gasteiger partial charge in [-0.1, -0.05) is 0 Å². The maximum absolute atomic E-state index is 13.8. The van der Waals surface area contributed by atoms with Crippen molar-refractivity contribution in [2.75, 3.05) is 19.7 Å². The summed E-state index contributed by atoms with van der Waals surface area (Å²) in [6.07, 6.45) is 2.66. The van der Waals surface area contributed by atoms with Crippen molar-refractivity contribution in [2.45, 2.75) is 44.6 Å². The molecule has 1 aliphatic rings. The lowest BCUT2D eigenvalue weighted by atomic mass is 9.74. The molecule has 0 unspecified atom stereocenters. The second kappa shape index (κ2) is 6.98. The molecule has 0 aliphatic carbocycles. The maximum atomic E-state index is 13.8. The molecular weight excluding hydrogens is 443 g/mol. The summed E-state index contributed by atoms with van der Waals surface area (Å²) in [4.78, 5) is 18.7. The smallest absolute Gasteiger partial charge is 0.410 e. The SMILES string of the molecule is CC(C)(C)OC(=O)N1CCC(CO)(c2c[nH]n3c2nc2cc(F)cc(Br)c23)CC1. The van der Waals surface area contributed by atoms with E-state index in [-0.39, 0.29) is 18.5 Å². The second-order valence-electron chi connectivity index (χ2n) is 8.62. The number of halogens is 2. The number of ether oxygens (including phenoxy) is 1. The van der Waals surface area contributed by atoms with Gasteiger partial charge < -0.3 is 14.7 Å². The lowest BCUT2D eigenvalue weighted by Crippen LogP contribution is -2.48. The van der Waals surface area contributed by atoms with E-state index in [1.54, 1.807) is 9.42 Å². The molecule has 2 N–H and O–H groups in total. The van der Waals surface area contributed by atoms with Gasteiger partial charge in [0.15, 0.2) is 5.65 Å². The van der Waals surface area contributed by atoms with E-state index in [0.717, 1.165) is 11.1 Å². The third-order valence-corrected chi connectivity index (χ3v) is 6.10. The van der Waals surface area contributed by atoms with Crippen LogP contribution >= 0.6 is 15.9 Å². The monoisotopic (exact) mass is 466 g/mol. The van der Waals surface area contributed by atoms with Crippen molar-refractivity contribution < 1.29 is 19.0 Å². The van der Waals surface area contributed by atoms with Crippen molar-refractivity contribution in [3.05, 3.63) is 34.2 Å². The molecule has 4 rings (SSSR count). The molecule has 1 fully saturated rings. The lowest BCUT2D eigenvalue weighted by Gasteiger charge is -2.40. The summed E-state index contributed by atoms with van der Waals surface area (Å²) in [6, 6.07) is 2.79. The molecule has 1 aliphatic heterocycles. The largest absolute Gasteiger partial charge is 0.444 e. The summed E-state index contributed by atoms with van der Waals surface area (Å²) in [5, 5.41) is 13.5. The summed E-state index contributed by atoms with van der Waals surface area (Å²) >= 11 is 3.40. The van der Waals surface area contributed by atoms with Crippen molar-refractivity contribution in [3.63, 3.8) is 0 Å². The predicted octanol–water partition coefficient (Wildman–Crippen LogP) is 3.98. The zero-order valence-electron chi connectivity index (χ0n) is 16.6. The van der Waals surface area contributed by atoms with Crippen molar-refractivity contribution in [1.29, 1.82) is 0 Å². The van der Waals surface area contributed by atoms with Gasteiger partial charge in [0.05, 0.1) is 12.1 Å². The molecule has 156 valence electrons. The third kappa shape index (κ3) is 3.50. The predicted molar refractivity (Wildman–Crippen MR) is 111 cm³/mol. The van der Waals surface area contributed by atoms with Crippen molar-refractivity contribution in [3.8, 4) is 0 Å². The van der Waals surface area contributed by atoms with E-state index in [2.05, 4.69) is 26.0 Å². The van der Waals surface area contributed by atoms with Crippen molar-refractivity contribution >= 4 is 38.7 Å². The van der Waals surface area contributed by atoms with Gasteiger partial charge in [-0.2, -0.15) is 0 Å². The van der Waals surface area contributed by atoms with Gasteiger partial charge in [0.2, 0.25) is 0 Å². The minimum absolute atomic E-state index is 0.0680. The first-order chi connectivity index (χ1) is 13.6. The number of piperidine rings is 1. The molecule has 7 nitrogen and oxygen atoms in total. The van der Waals surface area contributed by atoms with Crippen LogP contribution in [0.15, 0.2) is 22.8 Å². The van der Waals surface area contributed by atoms with Crippen LogP contribution in [0.25, 0.3) is 16.7 Å². The number of amides is 1. The molecule has 2 aromatic heterocycles. The molecule has 1 aromatic carbocycles. The Morgan fingerprint density at radius 3 is 2.69 bits per heavy atom. The number of H-pyrrole nitrogens is 1. The first kappa shape index (κ1) is 20.2. The van der Waals surface area contributed by atoms with Crippen LogP contribution in [0, 0.1) is 5.82 Å². The Labute approximate surface area is 175 Å². The van der Waals surface area contributed by atoms with Crippen LogP contribution in [-0.2, 0) is 10.2 Å². The number of carbonyl (C=O) groups excluding carboxylic acids is 1. The number of aromatic nitrogens is 3. The summed E-state index contributed by atoms with van der Waals surface area (Å²) in [6.45, 7) is 6.41. The minimum Gasteiger partial charge on any atom is -0.444 e. The summed E-state index contributed by atoms with van der Waals surface area (Å²) < 4.78 is 21.7. The molecule has 1 saturated heterocycles. The normalized spacial score (nSPS) is 17.2. The van der Waals surface area contributed by atoms with Crippen LogP contribution in [0.5, 0.6) is 0 Å². The van der Waals surface area contributed by atoms with E-state index in [1.807, 2.05) is 27.0 Å². The topological polar surface area (TPSA) is 82.9 Å². The van der Waals surface area contributed by atoms with Gasteiger partial charge in [0.25, 0.3) is 0 Å². The Hall–Kier alpha value is -2.13. The first-order valence-corrected chi connectivity index (χ1v) is 10.4. The number of likely N-dealkylation sites (tertiary alicyclic amines) is 1. The highest BCUT2D eigenvalue weighted by molar-refractivity contribution is 9.10. The van der Waals surface area contributed by atoms with Gasteiger partial charge in [0, 0.05) is 40.8 Å². The van der Waals surface area contributed by atoms with Gasteiger partial charge in [-0.3, -0.25) is 5.10 Å². The molecular formula is C20H24BrFN4O3. The number of fused-ring (bicyclic) bond motifs is 3. The number of hydrogen-bond donors (Lipinski definition) is 2. The fourth-order valence-electron chi connectivity index (χ4n) is 3.98. The average Bonchev–Trinajstić information content (AvgIpc) is 3.19. The number of nitrogens with one attached hydrogen (secondary N) is 1. The first-order valence-electron chi connectivity index (χ1n) is 9.57. The zero-order valence-corrected chi connectivity index (χ0v) is 18.2. The molecule has 0 spiro atoms. The molecule has 0 radical (unpaired) electrons. The van der Waals surface area contributed by atoms with E-state index in [4.69, 9.17) is 4.74 Å². The summed E-state index contributed by atoms with van der Waals surface area (Å²) in [5.74, 6) is -0.366. The molecule has 0 atom stereocenters. The Bertz CT molecular complexity index is 1080. The number of hydrogen-bond acceptors (Lipinski definition) is 4. The Morgan fingerprint density at radius 2 is 2.07 bits per heavy atom. The second-order valence-corrected chi connectivity index (χ2v) is 9.47. The quantitative estimate of drug-likeness (QED) is 0.598. The fourth-order valence-corrected chi connectivity index (χ4v) is 4.57. The average molecular weight is 467 g/mol. The molecule has 0 saturated carbocycles. The number of rotatable bonds is 2. The summed E-state index contributed by atoms with van der Waals surface area (Å²) in [5.41, 5.74) is 1.72. The minimum atomic E-state index is -0.548. The van der Waals surface area contributed by atoms with Crippen molar-refractivity contribution in [1.82, 2.24) is 19.5 Å². The van der Waals surface area contributed by atoms with Gasteiger partial charge in [-0.05, 0) is 55.6 Å².